The Kier molecular flexibility index (Phi) is 4.62. The zero-order valence-corrected chi connectivity index (χ0v) is 11.5. The molecule has 2 aliphatic rings. The van der Waals surface area contributed by atoms with Crippen LogP contribution in [-0.2, 0) is 10.8 Å². The van der Waals surface area contributed by atoms with Crippen molar-refractivity contribution in [3.63, 3.8) is 0 Å². The van der Waals surface area contributed by atoms with Gasteiger partial charge in [0.15, 0.2) is 0 Å². The van der Waals surface area contributed by atoms with Gasteiger partial charge in [-0.05, 0) is 38.0 Å². The van der Waals surface area contributed by atoms with Crippen LogP contribution in [0, 0.1) is 23.2 Å². The maximum absolute atomic E-state index is 12.6. The van der Waals surface area contributed by atoms with Crippen molar-refractivity contribution in [2.75, 3.05) is 0 Å². The molecule has 2 nitrogen and oxygen atoms in total. The molecule has 0 bridgehead atoms. The first kappa shape index (κ1) is 13.1. The van der Waals surface area contributed by atoms with Gasteiger partial charge in [-0.1, -0.05) is 26.2 Å². The average Bonchev–Trinajstić information content (AvgIpc) is 2.39. The molecule has 0 aromatic heterocycles. The standard InChI is InChI=1S/C14H23NOS/c1-11-7-8-12(10-15)14(9-11)17(16)13-5-3-2-4-6-13/h11-14H,2-9H2,1H3. The average molecular weight is 253 g/mol. The summed E-state index contributed by atoms with van der Waals surface area (Å²) in [6, 6.07) is 2.40. The van der Waals surface area contributed by atoms with Gasteiger partial charge >= 0.3 is 0 Å². The largest absolute Gasteiger partial charge is 0.259 e. The van der Waals surface area contributed by atoms with Crippen molar-refractivity contribution in [1.82, 2.24) is 0 Å². The van der Waals surface area contributed by atoms with Gasteiger partial charge in [-0.15, -0.1) is 0 Å². The molecule has 4 atom stereocenters. The fourth-order valence-electron chi connectivity index (χ4n) is 3.28. The van der Waals surface area contributed by atoms with Gasteiger partial charge in [0.05, 0.1) is 17.2 Å². The van der Waals surface area contributed by atoms with Gasteiger partial charge in [-0.25, -0.2) is 0 Å². The minimum atomic E-state index is -0.766. The first-order valence-corrected chi connectivity index (χ1v) is 8.29. The molecular formula is C14H23NOS. The highest BCUT2D eigenvalue weighted by atomic mass is 32.2. The molecular weight excluding hydrogens is 230 g/mol. The Labute approximate surface area is 107 Å². The molecule has 2 rings (SSSR count). The molecule has 0 aliphatic heterocycles. The molecule has 4 unspecified atom stereocenters. The Hall–Kier alpha value is -0.360. The predicted octanol–water partition coefficient (Wildman–Crippen LogP) is 3.40. The Morgan fingerprint density at radius 3 is 2.47 bits per heavy atom. The molecule has 0 amide bonds. The van der Waals surface area contributed by atoms with Gasteiger partial charge in [-0.3, -0.25) is 4.21 Å². The minimum absolute atomic E-state index is 0.0500. The first-order chi connectivity index (χ1) is 8.22. The number of hydrogen-bond donors (Lipinski definition) is 0. The van der Waals surface area contributed by atoms with Crippen LogP contribution in [0.2, 0.25) is 0 Å². The van der Waals surface area contributed by atoms with E-state index in [-0.39, 0.29) is 11.2 Å². The van der Waals surface area contributed by atoms with Crippen LogP contribution in [-0.4, -0.2) is 14.7 Å². The summed E-state index contributed by atoms with van der Waals surface area (Å²) in [6.45, 7) is 2.23. The number of hydrogen-bond acceptors (Lipinski definition) is 2. The third-order valence-electron chi connectivity index (χ3n) is 4.40. The zero-order valence-electron chi connectivity index (χ0n) is 10.7. The molecule has 0 aromatic rings. The van der Waals surface area contributed by atoms with E-state index in [0.29, 0.717) is 11.2 Å². The molecule has 0 N–H and O–H groups in total. The van der Waals surface area contributed by atoms with Crippen LogP contribution < -0.4 is 0 Å². The van der Waals surface area contributed by atoms with E-state index >= 15 is 0 Å². The second-order valence-corrected chi connectivity index (χ2v) is 7.71. The van der Waals surface area contributed by atoms with Crippen molar-refractivity contribution in [1.29, 1.82) is 5.26 Å². The summed E-state index contributed by atoms with van der Waals surface area (Å²) in [5.41, 5.74) is 0. The van der Waals surface area contributed by atoms with E-state index < -0.39 is 10.8 Å². The molecule has 0 radical (unpaired) electrons. The molecule has 2 aliphatic carbocycles. The number of rotatable bonds is 2. The predicted molar refractivity (Wildman–Crippen MR) is 70.9 cm³/mol. The lowest BCUT2D eigenvalue weighted by molar-refractivity contribution is 0.338. The summed E-state index contributed by atoms with van der Waals surface area (Å²) < 4.78 is 12.6. The van der Waals surface area contributed by atoms with Crippen molar-refractivity contribution < 1.29 is 4.21 Å². The third-order valence-corrected chi connectivity index (χ3v) is 6.65. The van der Waals surface area contributed by atoms with Crippen molar-refractivity contribution in [3.8, 4) is 6.07 Å². The zero-order chi connectivity index (χ0) is 12.3. The van der Waals surface area contributed by atoms with E-state index in [1.54, 1.807) is 0 Å². The Balaban J connectivity index is 2.02. The quantitative estimate of drug-likeness (QED) is 0.757. The Morgan fingerprint density at radius 2 is 1.82 bits per heavy atom. The van der Waals surface area contributed by atoms with Gasteiger partial charge in [0.2, 0.25) is 0 Å². The second-order valence-electron chi connectivity index (χ2n) is 5.78. The summed E-state index contributed by atoms with van der Waals surface area (Å²) in [5.74, 6) is 0.700. The van der Waals surface area contributed by atoms with Crippen LogP contribution in [0.4, 0.5) is 0 Å². The van der Waals surface area contributed by atoms with Crippen LogP contribution in [0.1, 0.15) is 58.3 Å². The van der Waals surface area contributed by atoms with Gasteiger partial charge in [0, 0.05) is 16.0 Å². The van der Waals surface area contributed by atoms with Crippen LogP contribution in [0.3, 0.4) is 0 Å². The normalized spacial score (nSPS) is 37.3. The van der Waals surface area contributed by atoms with Crippen LogP contribution >= 0.6 is 0 Å². The van der Waals surface area contributed by atoms with Crippen molar-refractivity contribution in [2.45, 2.75) is 68.8 Å². The summed E-state index contributed by atoms with van der Waals surface area (Å²) in [6.07, 6.45) is 9.10. The van der Waals surface area contributed by atoms with Crippen molar-refractivity contribution in [2.24, 2.45) is 11.8 Å². The van der Waals surface area contributed by atoms with E-state index in [2.05, 4.69) is 13.0 Å². The summed E-state index contributed by atoms with van der Waals surface area (Å²) in [7, 11) is -0.766. The van der Waals surface area contributed by atoms with Crippen LogP contribution in [0.25, 0.3) is 0 Å². The fraction of sp³-hybridized carbons (Fsp3) is 0.929. The summed E-state index contributed by atoms with van der Waals surface area (Å²) in [4.78, 5) is 0. The van der Waals surface area contributed by atoms with Crippen LogP contribution in [0.15, 0.2) is 0 Å². The molecule has 96 valence electrons. The monoisotopic (exact) mass is 253 g/mol. The highest BCUT2D eigenvalue weighted by Crippen LogP contribution is 2.35. The van der Waals surface area contributed by atoms with E-state index in [1.165, 1.54) is 19.3 Å². The fourth-order valence-corrected chi connectivity index (χ4v) is 5.61. The topological polar surface area (TPSA) is 40.9 Å². The summed E-state index contributed by atoms with van der Waals surface area (Å²) in [5, 5.41) is 9.75. The molecule has 0 heterocycles. The Morgan fingerprint density at radius 1 is 1.12 bits per heavy atom. The lowest BCUT2D eigenvalue weighted by Gasteiger charge is -2.33. The van der Waals surface area contributed by atoms with Gasteiger partial charge < -0.3 is 0 Å². The second kappa shape index (κ2) is 6.00. The molecule has 17 heavy (non-hydrogen) atoms. The molecule has 2 saturated carbocycles. The molecule has 0 saturated heterocycles. The third kappa shape index (κ3) is 3.10. The molecule has 3 heteroatoms. The highest BCUT2D eigenvalue weighted by molar-refractivity contribution is 7.86. The van der Waals surface area contributed by atoms with Gasteiger partial charge in [0.25, 0.3) is 0 Å². The molecule has 2 fully saturated rings. The lowest BCUT2D eigenvalue weighted by atomic mass is 9.83. The molecule has 0 spiro atoms. The maximum Gasteiger partial charge on any atom is 0.0668 e. The van der Waals surface area contributed by atoms with E-state index in [4.69, 9.17) is 0 Å². The lowest BCUT2D eigenvalue weighted by Crippen LogP contribution is -2.37. The number of nitriles is 1. The number of nitrogens with zero attached hydrogens (tertiary/aromatic N) is 1. The van der Waals surface area contributed by atoms with Crippen molar-refractivity contribution in [3.05, 3.63) is 0 Å². The first-order valence-electron chi connectivity index (χ1n) is 7.01. The van der Waals surface area contributed by atoms with E-state index in [1.807, 2.05) is 0 Å². The van der Waals surface area contributed by atoms with Crippen molar-refractivity contribution >= 4 is 10.8 Å². The van der Waals surface area contributed by atoms with E-state index in [0.717, 1.165) is 32.1 Å². The van der Waals surface area contributed by atoms with Gasteiger partial charge in [0.1, 0.15) is 0 Å². The van der Waals surface area contributed by atoms with Gasteiger partial charge in [-0.2, -0.15) is 5.26 Å². The maximum atomic E-state index is 12.6. The van der Waals surface area contributed by atoms with E-state index in [9.17, 15) is 9.47 Å². The Bertz CT molecular complexity index is 317. The highest BCUT2D eigenvalue weighted by Gasteiger charge is 2.36. The minimum Gasteiger partial charge on any atom is -0.259 e. The summed E-state index contributed by atoms with van der Waals surface area (Å²) >= 11 is 0. The SMILES string of the molecule is CC1CCC(C#N)C(S(=O)C2CCCCC2)C1. The smallest absolute Gasteiger partial charge is 0.0668 e. The molecule has 0 aromatic carbocycles. The van der Waals surface area contributed by atoms with Crippen LogP contribution in [0.5, 0.6) is 0 Å².